The molecule has 5 nitrogen and oxygen atoms in total. The van der Waals surface area contributed by atoms with E-state index in [9.17, 15) is 4.79 Å². The largest absolute Gasteiger partial charge is 0.396 e. The third-order valence-corrected chi connectivity index (χ3v) is 2.82. The Balaban J connectivity index is 2.75. The third kappa shape index (κ3) is 4.23. The molecule has 0 aliphatic heterocycles. The van der Waals surface area contributed by atoms with E-state index in [2.05, 4.69) is 15.3 Å². The number of amides is 1. The molecule has 0 spiro atoms. The molecule has 2 N–H and O–H groups in total. The molecule has 0 saturated carbocycles. The smallest absolute Gasteiger partial charge is 0.271 e. The number of nitrogens with zero attached hydrogens (tertiary/aromatic N) is 2. The first kappa shape index (κ1) is 14.9. The van der Waals surface area contributed by atoms with Crippen molar-refractivity contribution in [3.05, 3.63) is 23.2 Å². The molecule has 0 saturated heterocycles. The average Bonchev–Trinajstić information content (AvgIpc) is 2.28. The standard InChI is InChI=1S/C12H18ClN3O2/c1-12(2,3)9(4-5-17)16-11(18)8-6-15-10(13)7-14-8/h6-7,9,17H,4-5H2,1-3H3,(H,16,18). The van der Waals surface area contributed by atoms with Gasteiger partial charge in [-0.15, -0.1) is 0 Å². The van der Waals surface area contributed by atoms with Crippen LogP contribution in [0.2, 0.25) is 5.15 Å². The van der Waals surface area contributed by atoms with Crippen LogP contribution in [0.1, 0.15) is 37.7 Å². The second kappa shape index (κ2) is 6.11. The Bertz CT molecular complexity index is 401. The number of aliphatic hydroxyl groups excluding tert-OH is 1. The topological polar surface area (TPSA) is 75.1 Å². The van der Waals surface area contributed by atoms with Crippen LogP contribution in [0.4, 0.5) is 0 Å². The molecule has 1 aromatic heterocycles. The number of aromatic nitrogens is 2. The van der Waals surface area contributed by atoms with Crippen molar-refractivity contribution in [2.45, 2.75) is 33.2 Å². The minimum absolute atomic E-state index is 0.0223. The minimum Gasteiger partial charge on any atom is -0.396 e. The first-order valence-corrected chi connectivity index (χ1v) is 6.11. The molecule has 0 aliphatic carbocycles. The Labute approximate surface area is 112 Å². The van der Waals surface area contributed by atoms with Gasteiger partial charge in [0.05, 0.1) is 12.4 Å². The van der Waals surface area contributed by atoms with Gasteiger partial charge in [0.1, 0.15) is 10.8 Å². The second-order valence-corrected chi connectivity index (χ2v) is 5.52. The first-order chi connectivity index (χ1) is 8.34. The molecule has 0 aliphatic rings. The monoisotopic (exact) mass is 271 g/mol. The van der Waals surface area contributed by atoms with Crippen molar-refractivity contribution in [1.29, 1.82) is 0 Å². The van der Waals surface area contributed by atoms with Crippen LogP contribution in [0.5, 0.6) is 0 Å². The van der Waals surface area contributed by atoms with E-state index in [1.165, 1.54) is 12.4 Å². The highest BCUT2D eigenvalue weighted by molar-refractivity contribution is 6.29. The summed E-state index contributed by atoms with van der Waals surface area (Å²) >= 11 is 5.61. The molecule has 1 amide bonds. The lowest BCUT2D eigenvalue weighted by Crippen LogP contribution is -2.44. The Kier molecular flexibility index (Phi) is 5.04. The first-order valence-electron chi connectivity index (χ1n) is 5.74. The van der Waals surface area contributed by atoms with Crippen LogP contribution < -0.4 is 5.32 Å². The Hall–Kier alpha value is -1.20. The fraction of sp³-hybridized carbons (Fsp3) is 0.583. The highest BCUT2D eigenvalue weighted by Crippen LogP contribution is 2.21. The molecule has 0 aromatic carbocycles. The van der Waals surface area contributed by atoms with Crippen LogP contribution in [-0.4, -0.2) is 33.6 Å². The quantitative estimate of drug-likeness (QED) is 0.873. The molecule has 18 heavy (non-hydrogen) atoms. The maximum atomic E-state index is 11.9. The summed E-state index contributed by atoms with van der Waals surface area (Å²) in [6, 6.07) is -0.132. The maximum Gasteiger partial charge on any atom is 0.271 e. The van der Waals surface area contributed by atoms with E-state index in [-0.39, 0.29) is 34.8 Å². The van der Waals surface area contributed by atoms with Crippen molar-refractivity contribution < 1.29 is 9.90 Å². The summed E-state index contributed by atoms with van der Waals surface area (Å²) in [7, 11) is 0. The van der Waals surface area contributed by atoms with E-state index in [0.29, 0.717) is 6.42 Å². The van der Waals surface area contributed by atoms with Crippen molar-refractivity contribution >= 4 is 17.5 Å². The summed E-state index contributed by atoms with van der Waals surface area (Å²) in [5, 5.41) is 12.1. The van der Waals surface area contributed by atoms with Gasteiger partial charge in [0, 0.05) is 12.6 Å². The Morgan fingerprint density at radius 1 is 1.44 bits per heavy atom. The molecule has 1 rings (SSSR count). The molecule has 0 fully saturated rings. The fourth-order valence-corrected chi connectivity index (χ4v) is 1.61. The number of rotatable bonds is 4. The summed E-state index contributed by atoms with van der Waals surface area (Å²) in [4.78, 5) is 19.7. The van der Waals surface area contributed by atoms with Gasteiger partial charge in [0.15, 0.2) is 0 Å². The van der Waals surface area contributed by atoms with E-state index >= 15 is 0 Å². The zero-order valence-corrected chi connectivity index (χ0v) is 11.5. The normalized spacial score (nSPS) is 13.2. The van der Waals surface area contributed by atoms with Crippen LogP contribution >= 0.6 is 11.6 Å². The van der Waals surface area contributed by atoms with Crippen molar-refractivity contribution in [1.82, 2.24) is 15.3 Å². The van der Waals surface area contributed by atoms with Crippen LogP contribution in [0.15, 0.2) is 12.4 Å². The van der Waals surface area contributed by atoms with Crippen molar-refractivity contribution in [3.8, 4) is 0 Å². The van der Waals surface area contributed by atoms with E-state index in [0.717, 1.165) is 0 Å². The van der Waals surface area contributed by atoms with Crippen LogP contribution in [0, 0.1) is 5.41 Å². The van der Waals surface area contributed by atoms with Crippen LogP contribution in [0.3, 0.4) is 0 Å². The number of hydrogen-bond acceptors (Lipinski definition) is 4. The zero-order valence-electron chi connectivity index (χ0n) is 10.8. The lowest BCUT2D eigenvalue weighted by molar-refractivity contribution is 0.0879. The van der Waals surface area contributed by atoms with Gasteiger partial charge in [0.25, 0.3) is 5.91 Å². The molecular weight excluding hydrogens is 254 g/mol. The van der Waals surface area contributed by atoms with Gasteiger partial charge in [-0.25, -0.2) is 9.97 Å². The summed E-state index contributed by atoms with van der Waals surface area (Å²) in [6.07, 6.45) is 3.15. The number of carbonyl (C=O) groups excluding carboxylic acids is 1. The molecule has 0 radical (unpaired) electrons. The third-order valence-electron chi connectivity index (χ3n) is 2.62. The average molecular weight is 272 g/mol. The van der Waals surface area contributed by atoms with Gasteiger partial charge in [-0.2, -0.15) is 0 Å². The summed E-state index contributed by atoms with van der Waals surface area (Å²) < 4.78 is 0. The van der Waals surface area contributed by atoms with Crippen molar-refractivity contribution in [2.75, 3.05) is 6.61 Å². The number of halogens is 1. The lowest BCUT2D eigenvalue weighted by Gasteiger charge is -2.30. The summed E-state index contributed by atoms with van der Waals surface area (Å²) in [5.74, 6) is -0.312. The van der Waals surface area contributed by atoms with Crippen LogP contribution in [0.25, 0.3) is 0 Å². The highest BCUT2D eigenvalue weighted by Gasteiger charge is 2.26. The Morgan fingerprint density at radius 2 is 2.11 bits per heavy atom. The molecule has 1 atom stereocenters. The van der Waals surface area contributed by atoms with Gasteiger partial charge >= 0.3 is 0 Å². The molecule has 1 heterocycles. The lowest BCUT2D eigenvalue weighted by atomic mass is 9.85. The second-order valence-electron chi connectivity index (χ2n) is 5.13. The Morgan fingerprint density at radius 3 is 2.56 bits per heavy atom. The summed E-state index contributed by atoms with van der Waals surface area (Å²) in [6.45, 7) is 6.03. The molecule has 6 heteroatoms. The van der Waals surface area contributed by atoms with Gasteiger partial charge in [-0.1, -0.05) is 32.4 Å². The molecule has 1 unspecified atom stereocenters. The predicted octanol–water partition coefficient (Wildman–Crippen LogP) is 1.66. The summed E-state index contributed by atoms with van der Waals surface area (Å²) in [5.41, 5.74) is 0.0738. The molecule has 1 aromatic rings. The van der Waals surface area contributed by atoms with Crippen molar-refractivity contribution in [2.24, 2.45) is 5.41 Å². The van der Waals surface area contributed by atoms with E-state index in [4.69, 9.17) is 16.7 Å². The number of carbonyl (C=O) groups is 1. The van der Waals surface area contributed by atoms with E-state index in [1.807, 2.05) is 20.8 Å². The molecule has 0 bridgehead atoms. The highest BCUT2D eigenvalue weighted by atomic mass is 35.5. The van der Waals surface area contributed by atoms with Gasteiger partial charge in [-0.3, -0.25) is 4.79 Å². The van der Waals surface area contributed by atoms with Crippen molar-refractivity contribution in [3.63, 3.8) is 0 Å². The van der Waals surface area contributed by atoms with Gasteiger partial charge in [-0.05, 0) is 11.8 Å². The van der Waals surface area contributed by atoms with Crippen LogP contribution in [-0.2, 0) is 0 Å². The SMILES string of the molecule is CC(C)(C)C(CCO)NC(=O)c1cnc(Cl)cn1. The minimum atomic E-state index is -0.312. The van der Waals surface area contributed by atoms with Gasteiger partial charge in [0.2, 0.25) is 0 Å². The number of aliphatic hydroxyl groups is 1. The van der Waals surface area contributed by atoms with E-state index in [1.54, 1.807) is 0 Å². The predicted molar refractivity (Wildman–Crippen MR) is 69.5 cm³/mol. The van der Waals surface area contributed by atoms with E-state index < -0.39 is 0 Å². The molecule has 100 valence electrons. The molecular formula is C12H18ClN3O2. The maximum absolute atomic E-state index is 11.9. The number of nitrogens with one attached hydrogen (secondary N) is 1. The van der Waals surface area contributed by atoms with Gasteiger partial charge < -0.3 is 10.4 Å². The fourth-order valence-electron chi connectivity index (χ4n) is 1.51. The number of hydrogen-bond donors (Lipinski definition) is 2. The zero-order chi connectivity index (χ0) is 13.8.